The first kappa shape index (κ1) is 22.4. The number of benzene rings is 1. The van der Waals surface area contributed by atoms with Crippen molar-refractivity contribution in [3.63, 3.8) is 0 Å². The van der Waals surface area contributed by atoms with Crippen molar-refractivity contribution in [1.82, 2.24) is 23.9 Å². The van der Waals surface area contributed by atoms with Gasteiger partial charge in [-0.3, -0.25) is 14.2 Å². The Balaban J connectivity index is 1.41. The van der Waals surface area contributed by atoms with Crippen molar-refractivity contribution in [2.75, 3.05) is 18.4 Å². The average molecular weight is 481 g/mol. The number of aryl methyl sites for hydroxylation is 1. The molecular formula is C20H22ClFN6O3S. The van der Waals surface area contributed by atoms with Crippen molar-refractivity contribution < 1.29 is 17.6 Å². The summed E-state index contributed by atoms with van der Waals surface area (Å²) in [6.45, 7) is 0.548. The summed E-state index contributed by atoms with van der Waals surface area (Å²) < 4.78 is 43.9. The van der Waals surface area contributed by atoms with Gasteiger partial charge in [0, 0.05) is 43.1 Å². The topological polar surface area (TPSA) is 102 Å². The quantitative estimate of drug-likeness (QED) is 0.584. The number of anilines is 1. The van der Waals surface area contributed by atoms with Crippen molar-refractivity contribution in [2.24, 2.45) is 13.0 Å². The second kappa shape index (κ2) is 9.00. The van der Waals surface area contributed by atoms with Crippen LogP contribution in [0.4, 0.5) is 10.1 Å². The number of aromatic nitrogens is 4. The van der Waals surface area contributed by atoms with Gasteiger partial charge in [0.05, 0.1) is 30.5 Å². The summed E-state index contributed by atoms with van der Waals surface area (Å²) in [6.07, 6.45) is 6.92. The lowest BCUT2D eigenvalue weighted by molar-refractivity contribution is -0.120. The van der Waals surface area contributed by atoms with Crippen molar-refractivity contribution in [3.05, 3.63) is 59.4 Å². The zero-order valence-corrected chi connectivity index (χ0v) is 18.9. The summed E-state index contributed by atoms with van der Waals surface area (Å²) in [5, 5.41) is 11.1. The molecule has 1 aromatic carbocycles. The number of rotatable bonds is 6. The van der Waals surface area contributed by atoms with Crippen LogP contribution in [0.5, 0.6) is 0 Å². The van der Waals surface area contributed by atoms with Crippen LogP contribution in [0.1, 0.15) is 18.4 Å². The van der Waals surface area contributed by atoms with E-state index in [0.717, 1.165) is 0 Å². The molecular weight excluding hydrogens is 459 g/mol. The molecule has 4 rings (SSSR count). The van der Waals surface area contributed by atoms with E-state index in [0.29, 0.717) is 35.7 Å². The van der Waals surface area contributed by atoms with E-state index in [1.165, 1.54) is 44.4 Å². The Morgan fingerprint density at radius 3 is 2.81 bits per heavy atom. The molecule has 1 aliphatic rings. The highest BCUT2D eigenvalue weighted by molar-refractivity contribution is 7.89. The second-order valence-corrected chi connectivity index (χ2v) is 10.0. The van der Waals surface area contributed by atoms with E-state index in [1.54, 1.807) is 19.3 Å². The van der Waals surface area contributed by atoms with Crippen LogP contribution in [0.2, 0.25) is 5.02 Å². The predicted molar refractivity (Wildman–Crippen MR) is 116 cm³/mol. The van der Waals surface area contributed by atoms with Gasteiger partial charge in [0.1, 0.15) is 10.7 Å². The molecule has 0 unspecified atom stereocenters. The highest BCUT2D eigenvalue weighted by Gasteiger charge is 2.34. The molecule has 170 valence electrons. The lowest BCUT2D eigenvalue weighted by Gasteiger charge is -2.30. The Kier molecular flexibility index (Phi) is 6.31. The molecule has 32 heavy (non-hydrogen) atoms. The normalized spacial score (nSPS) is 17.4. The van der Waals surface area contributed by atoms with Gasteiger partial charge in [-0.1, -0.05) is 17.7 Å². The SMILES string of the molecule is Cn1cc(S(=O)(=O)N2CCC[C@@H](C(=O)Nc3cnn(Cc4c(F)cccc4Cl)c3)C2)cn1. The fourth-order valence-corrected chi connectivity index (χ4v) is 5.39. The molecule has 1 N–H and O–H groups in total. The molecule has 1 fully saturated rings. The third-order valence-corrected chi connectivity index (χ3v) is 7.53. The van der Waals surface area contributed by atoms with Crippen LogP contribution in [0.3, 0.4) is 0 Å². The van der Waals surface area contributed by atoms with Gasteiger partial charge in [-0.15, -0.1) is 0 Å². The molecule has 12 heteroatoms. The minimum Gasteiger partial charge on any atom is -0.323 e. The lowest BCUT2D eigenvalue weighted by atomic mass is 9.99. The molecule has 0 saturated carbocycles. The van der Waals surface area contributed by atoms with E-state index in [2.05, 4.69) is 15.5 Å². The number of carbonyl (C=O) groups excluding carboxylic acids is 1. The number of sulfonamides is 1. The minimum atomic E-state index is -3.71. The fraction of sp³-hybridized carbons (Fsp3) is 0.350. The molecule has 0 radical (unpaired) electrons. The monoisotopic (exact) mass is 480 g/mol. The van der Waals surface area contributed by atoms with Gasteiger partial charge in [0.2, 0.25) is 15.9 Å². The first-order valence-electron chi connectivity index (χ1n) is 9.99. The van der Waals surface area contributed by atoms with Gasteiger partial charge in [0.15, 0.2) is 0 Å². The van der Waals surface area contributed by atoms with Gasteiger partial charge in [-0.2, -0.15) is 14.5 Å². The zero-order chi connectivity index (χ0) is 22.9. The number of carbonyl (C=O) groups is 1. The molecule has 1 saturated heterocycles. The Labute approximate surface area is 189 Å². The van der Waals surface area contributed by atoms with E-state index in [-0.39, 0.29) is 23.9 Å². The molecule has 0 spiro atoms. The van der Waals surface area contributed by atoms with Crippen LogP contribution < -0.4 is 5.32 Å². The van der Waals surface area contributed by atoms with Gasteiger partial charge in [0.25, 0.3) is 0 Å². The lowest BCUT2D eigenvalue weighted by Crippen LogP contribution is -2.43. The Morgan fingerprint density at radius 1 is 1.28 bits per heavy atom. The summed E-state index contributed by atoms with van der Waals surface area (Å²) in [5.74, 6) is -1.23. The van der Waals surface area contributed by atoms with Crippen LogP contribution in [0.15, 0.2) is 47.9 Å². The van der Waals surface area contributed by atoms with Crippen LogP contribution in [0.25, 0.3) is 0 Å². The van der Waals surface area contributed by atoms with E-state index in [9.17, 15) is 17.6 Å². The molecule has 0 aliphatic carbocycles. The maximum atomic E-state index is 14.0. The summed E-state index contributed by atoms with van der Waals surface area (Å²) in [7, 11) is -2.07. The highest BCUT2D eigenvalue weighted by atomic mass is 35.5. The molecule has 2 aromatic heterocycles. The number of nitrogens with one attached hydrogen (secondary N) is 1. The largest absolute Gasteiger partial charge is 0.323 e. The molecule has 1 aliphatic heterocycles. The first-order chi connectivity index (χ1) is 15.2. The Bertz CT molecular complexity index is 1220. The van der Waals surface area contributed by atoms with Crippen LogP contribution in [-0.2, 0) is 28.4 Å². The smallest absolute Gasteiger partial charge is 0.246 e. The number of hydrogen-bond donors (Lipinski definition) is 1. The van der Waals surface area contributed by atoms with E-state index in [1.807, 2.05) is 0 Å². The molecule has 9 nitrogen and oxygen atoms in total. The fourth-order valence-electron chi connectivity index (χ4n) is 3.66. The third-order valence-electron chi connectivity index (χ3n) is 5.36. The molecule has 1 amide bonds. The Hall–Kier alpha value is -2.76. The van der Waals surface area contributed by atoms with Crippen LogP contribution in [-0.4, -0.2) is 51.3 Å². The van der Waals surface area contributed by atoms with E-state index < -0.39 is 21.8 Å². The van der Waals surface area contributed by atoms with Gasteiger partial charge >= 0.3 is 0 Å². The first-order valence-corrected chi connectivity index (χ1v) is 11.8. The number of piperidine rings is 1. The van der Waals surface area contributed by atoms with Crippen molar-refractivity contribution in [3.8, 4) is 0 Å². The van der Waals surface area contributed by atoms with Gasteiger partial charge in [-0.25, -0.2) is 12.8 Å². The van der Waals surface area contributed by atoms with Crippen molar-refractivity contribution in [2.45, 2.75) is 24.3 Å². The van der Waals surface area contributed by atoms with Crippen molar-refractivity contribution >= 4 is 33.2 Å². The highest BCUT2D eigenvalue weighted by Crippen LogP contribution is 2.25. The van der Waals surface area contributed by atoms with Gasteiger partial charge < -0.3 is 5.32 Å². The molecule has 3 heterocycles. The zero-order valence-electron chi connectivity index (χ0n) is 17.3. The number of amides is 1. The van der Waals surface area contributed by atoms with Crippen LogP contribution >= 0.6 is 11.6 Å². The standard InChI is InChI=1S/C20H22ClFN6O3S/c1-26-12-16(9-23-26)32(30,31)28-7-3-4-14(10-28)20(29)25-15-8-24-27(11-15)13-17-18(21)5-2-6-19(17)22/h2,5-6,8-9,11-12,14H,3-4,7,10,13H2,1H3,(H,25,29)/t14-/m1/s1. The van der Waals surface area contributed by atoms with E-state index >= 15 is 0 Å². The third kappa shape index (κ3) is 4.69. The van der Waals surface area contributed by atoms with E-state index in [4.69, 9.17) is 11.6 Å². The maximum absolute atomic E-state index is 14.0. The minimum absolute atomic E-state index is 0.0853. The number of hydrogen-bond acceptors (Lipinski definition) is 5. The summed E-state index contributed by atoms with van der Waals surface area (Å²) in [4.78, 5) is 12.9. The number of halogens is 2. The second-order valence-electron chi connectivity index (χ2n) is 7.67. The summed E-state index contributed by atoms with van der Waals surface area (Å²) in [5.41, 5.74) is 0.744. The van der Waals surface area contributed by atoms with Crippen molar-refractivity contribution in [1.29, 1.82) is 0 Å². The summed E-state index contributed by atoms with van der Waals surface area (Å²) >= 11 is 6.06. The summed E-state index contributed by atoms with van der Waals surface area (Å²) in [6, 6.07) is 4.44. The van der Waals surface area contributed by atoms with Crippen LogP contribution in [0, 0.1) is 11.7 Å². The average Bonchev–Trinajstić information content (AvgIpc) is 3.40. The number of nitrogens with zero attached hydrogens (tertiary/aromatic N) is 5. The Morgan fingerprint density at radius 2 is 2.09 bits per heavy atom. The molecule has 0 bridgehead atoms. The van der Waals surface area contributed by atoms with Gasteiger partial charge in [-0.05, 0) is 25.0 Å². The molecule has 1 atom stereocenters. The maximum Gasteiger partial charge on any atom is 0.246 e. The predicted octanol–water partition coefficient (Wildman–Crippen LogP) is 2.50. The molecule has 3 aromatic rings.